The Morgan fingerprint density at radius 1 is 1.13 bits per heavy atom. The quantitative estimate of drug-likeness (QED) is 0.115. The van der Waals surface area contributed by atoms with Gasteiger partial charge in [-0.05, 0) is 56.9 Å². The van der Waals surface area contributed by atoms with Crippen LogP contribution in [0.15, 0.2) is 78.4 Å². The van der Waals surface area contributed by atoms with E-state index < -0.39 is 48.8 Å². The Kier molecular flexibility index (Phi) is 9.78. The van der Waals surface area contributed by atoms with Crippen molar-refractivity contribution < 1.29 is 49.3 Å². The lowest BCUT2D eigenvalue weighted by atomic mass is 9.83. The van der Waals surface area contributed by atoms with Gasteiger partial charge in [-0.1, -0.05) is 0 Å². The van der Waals surface area contributed by atoms with Crippen LogP contribution in [0.25, 0.3) is 11.0 Å². The first-order valence-electron chi connectivity index (χ1n) is 18.5. The molecular weight excluding hydrogens is 714 g/mol. The molecule has 1 fully saturated rings. The van der Waals surface area contributed by atoms with Gasteiger partial charge in [0.05, 0.1) is 42.2 Å². The van der Waals surface area contributed by atoms with Gasteiger partial charge in [-0.25, -0.2) is 9.78 Å². The van der Waals surface area contributed by atoms with E-state index in [4.69, 9.17) is 18.9 Å². The first kappa shape index (κ1) is 37.3. The molecule has 7 heterocycles. The Labute approximate surface area is 315 Å². The summed E-state index contributed by atoms with van der Waals surface area (Å²) in [6, 6.07) is 3.17. The highest BCUT2D eigenvalue weighted by atomic mass is 17.2. The summed E-state index contributed by atoms with van der Waals surface area (Å²) in [5.74, 6) is 0.999. The third-order valence-corrected chi connectivity index (χ3v) is 11.5. The molecule has 6 N–H and O–H groups in total. The highest BCUT2D eigenvalue weighted by Crippen LogP contribution is 2.49. The molecule has 0 spiro atoms. The largest absolute Gasteiger partial charge is 0.482 e. The van der Waals surface area contributed by atoms with E-state index in [2.05, 4.69) is 15.3 Å². The molecule has 0 unspecified atom stereocenters. The number of aliphatic imine (C=N–C) groups is 2. The van der Waals surface area contributed by atoms with Crippen molar-refractivity contribution in [2.75, 3.05) is 44.3 Å². The number of nitrogens with one attached hydrogen (secondary N) is 1. The van der Waals surface area contributed by atoms with Gasteiger partial charge in [0, 0.05) is 61.8 Å². The van der Waals surface area contributed by atoms with Gasteiger partial charge in [-0.2, -0.15) is 0 Å². The number of fused-ring (bicyclic) bond motifs is 4. The monoisotopic (exact) mass is 759 g/mol. The molecule has 8 rings (SSSR count). The van der Waals surface area contributed by atoms with E-state index in [0.717, 1.165) is 11.3 Å². The summed E-state index contributed by atoms with van der Waals surface area (Å²) in [7, 11) is 0. The molecule has 0 aliphatic carbocycles. The van der Waals surface area contributed by atoms with Crippen LogP contribution in [0.1, 0.15) is 37.5 Å². The molecule has 292 valence electrons. The zero-order valence-corrected chi connectivity index (χ0v) is 30.6. The van der Waals surface area contributed by atoms with Crippen LogP contribution in [-0.4, -0.2) is 124 Å². The summed E-state index contributed by atoms with van der Waals surface area (Å²) in [4.78, 5) is 49.6. The fraction of sp³-hybridized carbons (Fsp3) is 0.487. The second-order valence-corrected chi connectivity index (χ2v) is 15.3. The van der Waals surface area contributed by atoms with Gasteiger partial charge in [0.25, 0.3) is 0 Å². The number of ether oxygens (including phenoxy) is 1. The summed E-state index contributed by atoms with van der Waals surface area (Å²) < 4.78 is 13.2. The van der Waals surface area contributed by atoms with Crippen LogP contribution >= 0.6 is 0 Å². The summed E-state index contributed by atoms with van der Waals surface area (Å²) in [6.45, 7) is 3.11. The van der Waals surface area contributed by atoms with Crippen molar-refractivity contribution in [1.29, 1.82) is 0 Å². The van der Waals surface area contributed by atoms with Crippen molar-refractivity contribution in [2.24, 2.45) is 15.9 Å². The minimum absolute atomic E-state index is 0.0161. The molecular formula is C39H45N5O11. The zero-order valence-electron chi connectivity index (χ0n) is 30.6. The molecule has 1 aromatic heterocycles. The molecule has 1 amide bonds. The first-order valence-corrected chi connectivity index (χ1v) is 18.5. The van der Waals surface area contributed by atoms with Gasteiger partial charge in [0.1, 0.15) is 53.7 Å². The zero-order chi connectivity index (χ0) is 38.6. The first-order chi connectivity index (χ1) is 26.4. The maximum atomic E-state index is 13.4. The number of aliphatic hydroxyl groups is 5. The minimum atomic E-state index is -2.39. The van der Waals surface area contributed by atoms with Crippen LogP contribution in [0.3, 0.4) is 0 Å². The number of carbonyl (C=O) groups excluding carboxylic acids is 1. The normalized spacial score (nSPS) is 26.5. The van der Waals surface area contributed by atoms with Crippen LogP contribution in [0.5, 0.6) is 5.75 Å². The standard InChI is InChI=1S/C39H45N5O11/c1-21-11-29(46)25-13-24-14-32(55-52-19-31(48)39(51,37(50)30(47)18-45)20-43-10-6-26-28(43)5-9-40-26)38(2,7-3-22-12-33(49)42-15-22)54-35(24)34(36(25)53-21)44-16-23-4-8-41-27(23)17-44/h4-6,8-9,11,13,17,22,30-32,37,45,47-48,50-51H,3,7,10,12,14-16,18-20H2,1-2H3,(H,42,49)/t22-,30-,31+,32-,37-,38-,39-/m1/s1. The van der Waals surface area contributed by atoms with E-state index in [9.17, 15) is 35.1 Å². The topological polar surface area (TPSA) is 219 Å². The fourth-order valence-corrected chi connectivity index (χ4v) is 8.20. The van der Waals surface area contributed by atoms with E-state index in [0.29, 0.717) is 84.0 Å². The Morgan fingerprint density at radius 2 is 1.93 bits per heavy atom. The average Bonchev–Trinajstić information content (AvgIpc) is 4.00. The molecule has 0 radical (unpaired) electrons. The maximum absolute atomic E-state index is 13.4. The average molecular weight is 760 g/mol. The Balaban J connectivity index is 1.09. The lowest BCUT2D eigenvalue weighted by molar-refractivity contribution is -0.365. The summed E-state index contributed by atoms with van der Waals surface area (Å²) in [6.07, 6.45) is 6.00. The number of carbonyl (C=O) groups is 1. The molecule has 55 heavy (non-hydrogen) atoms. The van der Waals surface area contributed by atoms with Gasteiger partial charge < -0.3 is 49.8 Å². The van der Waals surface area contributed by atoms with Crippen molar-refractivity contribution in [3.63, 3.8) is 0 Å². The van der Waals surface area contributed by atoms with Gasteiger partial charge >= 0.3 is 0 Å². The van der Waals surface area contributed by atoms with Gasteiger partial charge in [-0.3, -0.25) is 19.6 Å². The van der Waals surface area contributed by atoms with Crippen molar-refractivity contribution in [2.45, 2.75) is 75.1 Å². The van der Waals surface area contributed by atoms with Crippen molar-refractivity contribution in [3.8, 4) is 5.75 Å². The number of nitrogens with zero attached hydrogens (tertiary/aromatic N) is 4. The number of β-amino-alcohol motifs (C(OH)–C–C–N with tert-alkyl or cyclic N) is 1. The summed E-state index contributed by atoms with van der Waals surface area (Å²) >= 11 is 0. The number of benzene rings is 1. The molecule has 1 saturated heterocycles. The number of hydrogen-bond acceptors (Lipinski definition) is 15. The number of amides is 1. The third kappa shape index (κ3) is 6.81. The van der Waals surface area contributed by atoms with E-state index in [1.807, 2.05) is 30.2 Å². The van der Waals surface area contributed by atoms with Gasteiger partial charge in [0.2, 0.25) is 5.91 Å². The second kappa shape index (κ2) is 14.4. The van der Waals surface area contributed by atoms with Crippen LogP contribution in [0, 0.1) is 12.8 Å². The number of rotatable bonds is 14. The molecule has 0 bridgehead atoms. The van der Waals surface area contributed by atoms with Crippen LogP contribution < -0.4 is 20.4 Å². The molecule has 0 saturated carbocycles. The summed E-state index contributed by atoms with van der Waals surface area (Å²) in [5, 5.41) is 57.5. The maximum Gasteiger partial charge on any atom is 0.220 e. The van der Waals surface area contributed by atoms with E-state index in [-0.39, 0.29) is 30.2 Å². The molecule has 16 nitrogen and oxygen atoms in total. The van der Waals surface area contributed by atoms with Crippen molar-refractivity contribution >= 4 is 35.0 Å². The smallest absolute Gasteiger partial charge is 0.220 e. The second-order valence-electron chi connectivity index (χ2n) is 15.3. The minimum Gasteiger partial charge on any atom is -0.482 e. The number of aliphatic hydroxyl groups excluding tert-OH is 4. The molecule has 7 atom stereocenters. The van der Waals surface area contributed by atoms with Crippen LogP contribution in [-0.2, 0) is 21.0 Å². The molecule has 2 aromatic rings. The molecule has 1 aromatic carbocycles. The lowest BCUT2D eigenvalue weighted by Crippen LogP contribution is -2.63. The fourth-order valence-electron chi connectivity index (χ4n) is 8.20. The number of anilines is 1. The Hall–Kier alpha value is -4.68. The number of hydrogen-bond donors (Lipinski definition) is 6. The van der Waals surface area contributed by atoms with E-state index in [1.165, 1.54) is 6.07 Å². The predicted octanol–water partition coefficient (Wildman–Crippen LogP) is 0.674. The molecule has 16 heteroatoms. The van der Waals surface area contributed by atoms with Gasteiger partial charge in [0.15, 0.2) is 16.8 Å². The van der Waals surface area contributed by atoms with Crippen molar-refractivity contribution in [1.82, 2.24) is 10.2 Å². The summed E-state index contributed by atoms with van der Waals surface area (Å²) in [5.41, 5.74) is 1.09. The van der Waals surface area contributed by atoms with E-state index in [1.54, 1.807) is 36.4 Å². The highest BCUT2D eigenvalue weighted by Gasteiger charge is 2.50. The number of aryl methyl sites for hydroxylation is 1. The van der Waals surface area contributed by atoms with E-state index >= 15 is 0 Å². The van der Waals surface area contributed by atoms with Crippen LogP contribution in [0.2, 0.25) is 0 Å². The lowest BCUT2D eigenvalue weighted by Gasteiger charge is -2.44. The molecule has 6 aliphatic rings. The Morgan fingerprint density at radius 3 is 2.69 bits per heavy atom. The number of allylic oxidation sites excluding steroid dienone is 2. The van der Waals surface area contributed by atoms with Gasteiger partial charge in [-0.15, -0.1) is 0 Å². The molecule has 6 aliphatic heterocycles. The predicted molar refractivity (Wildman–Crippen MR) is 199 cm³/mol. The van der Waals surface area contributed by atoms with Crippen LogP contribution in [0.4, 0.5) is 5.69 Å². The highest BCUT2D eigenvalue weighted by molar-refractivity contribution is 5.96. The third-order valence-electron chi connectivity index (χ3n) is 11.5. The SMILES string of the molecule is Cc1cc(=O)c2cc3c(c(N4C=C5N=CC=C5C4)c2o1)O[C@](C)(CC[C@H]1CNC(=O)C1)[C@H](OOC[C@H](O)[C@](O)(CN1CC=C2N=CC=C21)[C@H](O)[C@H](O)CO)C3. The Bertz CT molecular complexity index is 2140. The van der Waals surface area contributed by atoms with Crippen molar-refractivity contribution in [3.05, 3.63) is 80.8 Å².